The topological polar surface area (TPSA) is 24.9 Å². The van der Waals surface area contributed by atoms with Gasteiger partial charge in [0.05, 0.1) is 5.69 Å². The molecule has 1 aromatic heterocycles. The Balaban J connectivity index is 2.54. The van der Waals surface area contributed by atoms with E-state index in [1.165, 1.54) is 28.4 Å². The van der Waals surface area contributed by atoms with Gasteiger partial charge in [-0.1, -0.05) is 27.7 Å². The van der Waals surface area contributed by atoms with Crippen LogP contribution in [0.15, 0.2) is 0 Å². The van der Waals surface area contributed by atoms with Crippen molar-refractivity contribution in [2.24, 2.45) is 0 Å². The third kappa shape index (κ3) is 5.29. The molecule has 1 heterocycles. The van der Waals surface area contributed by atoms with Crippen molar-refractivity contribution in [3.8, 4) is 0 Å². The Morgan fingerprint density at radius 2 is 2.11 bits per heavy atom. The molecule has 0 radical (unpaired) electrons. The van der Waals surface area contributed by atoms with Crippen molar-refractivity contribution in [2.75, 3.05) is 6.54 Å². The number of aryl methyl sites for hydroxylation is 1. The van der Waals surface area contributed by atoms with Gasteiger partial charge in [-0.3, -0.25) is 0 Å². The van der Waals surface area contributed by atoms with Crippen LogP contribution in [-0.2, 0) is 18.7 Å². The first-order chi connectivity index (χ1) is 8.71. The Hall–Kier alpha value is -0.0600. The van der Waals surface area contributed by atoms with Crippen LogP contribution in [0.5, 0.6) is 0 Å². The number of nitrogens with one attached hydrogen (secondary N) is 1. The van der Waals surface area contributed by atoms with Crippen molar-refractivity contribution in [1.29, 1.82) is 0 Å². The number of hydrogen-bond acceptors (Lipinski definition) is 4. The molecule has 1 N–H and O–H groups in total. The smallest absolute Gasteiger partial charge is 0.103 e. The maximum absolute atomic E-state index is 4.77. The summed E-state index contributed by atoms with van der Waals surface area (Å²) < 4.78 is 0. The molecule has 4 heteroatoms. The molecule has 18 heavy (non-hydrogen) atoms. The van der Waals surface area contributed by atoms with Crippen LogP contribution in [0.25, 0.3) is 0 Å². The molecule has 0 saturated heterocycles. The molecule has 0 fully saturated rings. The van der Waals surface area contributed by atoms with Crippen LogP contribution in [0.2, 0.25) is 0 Å². The van der Waals surface area contributed by atoms with E-state index in [0.29, 0.717) is 0 Å². The van der Waals surface area contributed by atoms with Crippen molar-refractivity contribution < 1.29 is 0 Å². The lowest BCUT2D eigenvalue weighted by Crippen LogP contribution is -2.13. The van der Waals surface area contributed by atoms with Crippen molar-refractivity contribution >= 4 is 23.1 Å². The number of thioether (sulfide) groups is 1. The van der Waals surface area contributed by atoms with Gasteiger partial charge in [0.1, 0.15) is 5.01 Å². The Labute approximate surface area is 120 Å². The van der Waals surface area contributed by atoms with E-state index in [0.717, 1.165) is 30.5 Å². The number of thiazole rings is 1. The van der Waals surface area contributed by atoms with Gasteiger partial charge in [0.25, 0.3) is 0 Å². The molecule has 1 aromatic rings. The van der Waals surface area contributed by atoms with Gasteiger partial charge >= 0.3 is 0 Å². The molecule has 0 aliphatic heterocycles. The highest BCUT2D eigenvalue weighted by Gasteiger charge is 2.10. The fraction of sp³-hybridized carbons (Fsp3) is 0.786. The maximum atomic E-state index is 4.77. The zero-order valence-electron chi connectivity index (χ0n) is 12.1. The van der Waals surface area contributed by atoms with Crippen molar-refractivity contribution in [3.05, 3.63) is 15.6 Å². The summed E-state index contributed by atoms with van der Waals surface area (Å²) in [6.45, 7) is 11.0. The molecule has 0 aromatic carbocycles. The first kappa shape index (κ1) is 16.0. The predicted molar refractivity (Wildman–Crippen MR) is 84.5 cm³/mol. The van der Waals surface area contributed by atoms with Crippen LogP contribution in [0.4, 0.5) is 0 Å². The van der Waals surface area contributed by atoms with Crippen LogP contribution >= 0.6 is 23.1 Å². The van der Waals surface area contributed by atoms with E-state index in [1.807, 2.05) is 23.1 Å². The number of rotatable bonds is 9. The Kier molecular flexibility index (Phi) is 7.95. The van der Waals surface area contributed by atoms with E-state index < -0.39 is 0 Å². The molecule has 0 saturated carbocycles. The molecule has 1 atom stereocenters. The van der Waals surface area contributed by atoms with Gasteiger partial charge < -0.3 is 5.32 Å². The summed E-state index contributed by atoms with van der Waals surface area (Å²) in [6, 6.07) is 0. The van der Waals surface area contributed by atoms with Crippen LogP contribution < -0.4 is 5.32 Å². The zero-order chi connectivity index (χ0) is 13.4. The van der Waals surface area contributed by atoms with Crippen molar-refractivity contribution in [3.63, 3.8) is 0 Å². The normalized spacial score (nSPS) is 12.9. The molecule has 0 aliphatic rings. The van der Waals surface area contributed by atoms with E-state index in [9.17, 15) is 0 Å². The van der Waals surface area contributed by atoms with E-state index >= 15 is 0 Å². The lowest BCUT2D eigenvalue weighted by molar-refractivity contribution is 0.676. The minimum atomic E-state index is 0.737. The molecule has 0 amide bonds. The molecule has 1 unspecified atom stereocenters. The fourth-order valence-corrected chi connectivity index (χ4v) is 3.71. The van der Waals surface area contributed by atoms with Gasteiger partial charge in [-0.15, -0.1) is 11.3 Å². The van der Waals surface area contributed by atoms with Gasteiger partial charge in [-0.2, -0.15) is 11.8 Å². The van der Waals surface area contributed by atoms with E-state index in [2.05, 4.69) is 33.0 Å². The van der Waals surface area contributed by atoms with Gasteiger partial charge in [0.2, 0.25) is 0 Å². The summed E-state index contributed by atoms with van der Waals surface area (Å²) in [7, 11) is 0. The van der Waals surface area contributed by atoms with Crippen molar-refractivity contribution in [2.45, 2.75) is 64.5 Å². The highest BCUT2D eigenvalue weighted by atomic mass is 32.2. The highest BCUT2D eigenvalue weighted by Crippen LogP contribution is 2.25. The molecular formula is C14H26N2S2. The molecule has 0 spiro atoms. The Morgan fingerprint density at radius 1 is 1.33 bits per heavy atom. The average molecular weight is 287 g/mol. The van der Waals surface area contributed by atoms with Gasteiger partial charge in [-0.05, 0) is 25.8 Å². The molecule has 0 bridgehead atoms. The second-order valence-corrected chi connectivity index (χ2v) is 7.13. The summed E-state index contributed by atoms with van der Waals surface area (Å²) in [6.07, 6.45) is 3.48. The zero-order valence-corrected chi connectivity index (χ0v) is 13.7. The third-order valence-corrected chi connectivity index (χ3v) is 5.56. The summed E-state index contributed by atoms with van der Waals surface area (Å²) in [5.41, 5.74) is 1.29. The van der Waals surface area contributed by atoms with Crippen LogP contribution in [0.1, 0.15) is 56.1 Å². The second-order valence-electron chi connectivity index (χ2n) is 4.54. The summed E-state index contributed by atoms with van der Waals surface area (Å²) >= 11 is 3.91. The van der Waals surface area contributed by atoms with Crippen LogP contribution in [-0.4, -0.2) is 16.8 Å². The number of nitrogens with zero attached hydrogens (tertiary/aromatic N) is 1. The van der Waals surface area contributed by atoms with E-state index in [1.54, 1.807) is 0 Å². The molecule has 1 rings (SSSR count). The maximum Gasteiger partial charge on any atom is 0.103 e. The largest absolute Gasteiger partial charge is 0.312 e. The van der Waals surface area contributed by atoms with Crippen LogP contribution in [0.3, 0.4) is 0 Å². The monoisotopic (exact) mass is 286 g/mol. The quantitative estimate of drug-likeness (QED) is 0.687. The van der Waals surface area contributed by atoms with Crippen molar-refractivity contribution in [1.82, 2.24) is 10.3 Å². The first-order valence-corrected chi connectivity index (χ1v) is 8.87. The number of aromatic nitrogens is 1. The predicted octanol–water partition coefficient (Wildman–Crippen LogP) is 4.24. The summed E-state index contributed by atoms with van der Waals surface area (Å²) in [5, 5.41) is 5.51. The molecule has 104 valence electrons. The van der Waals surface area contributed by atoms with Crippen LogP contribution in [0, 0.1) is 0 Å². The third-order valence-electron chi connectivity index (χ3n) is 2.94. The van der Waals surface area contributed by atoms with Gasteiger partial charge in [0.15, 0.2) is 0 Å². The van der Waals surface area contributed by atoms with E-state index in [4.69, 9.17) is 4.98 Å². The minimum Gasteiger partial charge on any atom is -0.312 e. The Bertz CT molecular complexity index is 337. The molecule has 0 aliphatic carbocycles. The van der Waals surface area contributed by atoms with Gasteiger partial charge in [-0.25, -0.2) is 4.98 Å². The lowest BCUT2D eigenvalue weighted by atomic mass is 10.3. The average Bonchev–Trinajstić information content (AvgIpc) is 2.78. The van der Waals surface area contributed by atoms with Gasteiger partial charge in [0, 0.05) is 22.4 Å². The highest BCUT2D eigenvalue weighted by molar-refractivity contribution is 7.99. The SMILES string of the molecule is CCCNCc1sc(CSC(C)CC)nc1CC. The summed E-state index contributed by atoms with van der Waals surface area (Å²) in [4.78, 5) is 6.21. The second kappa shape index (κ2) is 8.94. The van der Waals surface area contributed by atoms with E-state index in [-0.39, 0.29) is 0 Å². The first-order valence-electron chi connectivity index (χ1n) is 7.00. The fourth-order valence-electron chi connectivity index (χ4n) is 1.62. The molecule has 2 nitrogen and oxygen atoms in total. The molecular weight excluding hydrogens is 260 g/mol. The lowest BCUT2D eigenvalue weighted by Gasteiger charge is -2.05. The standard InChI is InChI=1S/C14H26N2S2/c1-5-8-15-9-13-12(7-3)16-14(18-13)10-17-11(4)6-2/h11,15H,5-10H2,1-4H3. The Morgan fingerprint density at radius 3 is 2.72 bits per heavy atom. The minimum absolute atomic E-state index is 0.737. The number of hydrogen-bond donors (Lipinski definition) is 1. The summed E-state index contributed by atoms with van der Waals surface area (Å²) in [5.74, 6) is 1.07.